The monoisotopic (exact) mass is 484 g/mol. The Morgan fingerprint density at radius 1 is 1.09 bits per heavy atom. The van der Waals surface area contributed by atoms with Crippen molar-refractivity contribution in [3.63, 3.8) is 0 Å². The summed E-state index contributed by atoms with van der Waals surface area (Å²) in [4.78, 5) is 42.3. The predicted octanol–water partition coefficient (Wildman–Crippen LogP) is 2.85. The first-order valence-corrected chi connectivity index (χ1v) is 12.9. The Balaban J connectivity index is 1.47. The molecule has 0 aliphatic carbocycles. The quantitative estimate of drug-likeness (QED) is 0.707. The van der Waals surface area contributed by atoms with Crippen LogP contribution in [0.1, 0.15) is 30.5 Å². The number of likely N-dealkylation sites (tertiary alicyclic amines) is 1. The second-order valence-corrected chi connectivity index (χ2v) is 10.2. The van der Waals surface area contributed by atoms with Gasteiger partial charge in [-0.3, -0.25) is 14.4 Å². The van der Waals surface area contributed by atoms with Gasteiger partial charge in [0.05, 0.1) is 0 Å². The van der Waals surface area contributed by atoms with Crippen LogP contribution in [0.3, 0.4) is 0 Å². The normalized spacial score (nSPS) is 20.8. The van der Waals surface area contributed by atoms with Gasteiger partial charge in [0.25, 0.3) is 10.8 Å². The van der Waals surface area contributed by atoms with E-state index in [4.69, 9.17) is 0 Å². The molecule has 0 bridgehead atoms. The summed E-state index contributed by atoms with van der Waals surface area (Å²) in [5, 5.41) is 2.56. The number of amides is 2. The summed E-state index contributed by atoms with van der Waals surface area (Å²) in [6.07, 6.45) is 4.20. The van der Waals surface area contributed by atoms with Crippen molar-refractivity contribution in [1.29, 1.82) is 0 Å². The number of rotatable bonds is 5. The minimum absolute atomic E-state index is 0.0950. The van der Waals surface area contributed by atoms with E-state index in [9.17, 15) is 18.8 Å². The number of carbonyl (C=O) groups excluding carboxylic acids is 2. The second-order valence-electron chi connectivity index (χ2n) is 9.20. The number of halogens is 1. The van der Waals surface area contributed by atoms with E-state index in [1.165, 1.54) is 31.4 Å². The molecule has 34 heavy (non-hydrogen) atoms. The smallest absolute Gasteiger partial charge is 0.279 e. The maximum Gasteiger partial charge on any atom is 0.279 e. The van der Waals surface area contributed by atoms with Crippen molar-refractivity contribution < 1.29 is 14.0 Å². The van der Waals surface area contributed by atoms with Crippen molar-refractivity contribution in [3.05, 3.63) is 57.8 Å². The van der Waals surface area contributed by atoms with Crippen LogP contribution in [-0.2, 0) is 24.3 Å². The molecule has 2 saturated heterocycles. The number of aromatic nitrogens is 1. The summed E-state index contributed by atoms with van der Waals surface area (Å²) >= 11 is 1.13. The summed E-state index contributed by atoms with van der Waals surface area (Å²) in [6, 6.07) is 7.42. The highest BCUT2D eigenvalue weighted by Gasteiger charge is 2.34. The van der Waals surface area contributed by atoms with E-state index in [2.05, 4.69) is 10.2 Å². The van der Waals surface area contributed by atoms with Crippen molar-refractivity contribution in [1.82, 2.24) is 19.7 Å². The fraction of sp³-hybridized carbons (Fsp3) is 0.480. The Bertz CT molecular complexity index is 1160. The van der Waals surface area contributed by atoms with Crippen LogP contribution in [0.25, 0.3) is 11.1 Å². The summed E-state index contributed by atoms with van der Waals surface area (Å²) in [7, 11) is 0. The van der Waals surface area contributed by atoms with E-state index in [0.717, 1.165) is 42.7 Å². The van der Waals surface area contributed by atoms with Crippen LogP contribution in [0.15, 0.2) is 35.1 Å². The summed E-state index contributed by atoms with van der Waals surface area (Å²) in [5.41, 5.74) is 2.75. The molecule has 1 aromatic carbocycles. The van der Waals surface area contributed by atoms with Gasteiger partial charge in [0.15, 0.2) is 0 Å². The van der Waals surface area contributed by atoms with Gasteiger partial charge in [-0.2, -0.15) is 0 Å². The topological polar surface area (TPSA) is 74.6 Å². The molecule has 2 fully saturated rings. The molecule has 5 rings (SSSR count). The molecule has 4 heterocycles. The molecule has 1 N–H and O–H groups in total. The Hall–Kier alpha value is -2.65. The van der Waals surface area contributed by atoms with Gasteiger partial charge in [-0.05, 0) is 55.3 Å². The summed E-state index contributed by atoms with van der Waals surface area (Å²) in [6.45, 7) is 4.35. The molecule has 3 aliphatic heterocycles. The number of pyridine rings is 1. The van der Waals surface area contributed by atoms with Crippen molar-refractivity contribution in [3.8, 4) is 11.1 Å². The Labute approximate surface area is 202 Å². The zero-order valence-corrected chi connectivity index (χ0v) is 19.9. The molecular weight excluding hydrogens is 455 g/mol. The molecule has 180 valence electrons. The number of nitrogens with zero attached hydrogens (tertiary/aromatic N) is 3. The van der Waals surface area contributed by atoms with Gasteiger partial charge < -0.3 is 19.7 Å². The fourth-order valence-corrected chi connectivity index (χ4v) is 5.94. The van der Waals surface area contributed by atoms with Crippen molar-refractivity contribution in [2.45, 2.75) is 44.8 Å². The SMILES string of the molecule is O=C1N[C@H](C(=O)N2CCc3c(cc(-c4cccc(F)c4)c(=O)n3CCN3CCCCC3)C2)CS1. The summed E-state index contributed by atoms with van der Waals surface area (Å²) in [5.74, 6) is -0.0478. The maximum absolute atomic E-state index is 14.0. The average molecular weight is 485 g/mol. The average Bonchev–Trinajstić information content (AvgIpc) is 3.29. The van der Waals surface area contributed by atoms with Crippen LogP contribution >= 0.6 is 11.8 Å². The third kappa shape index (κ3) is 4.77. The minimum atomic E-state index is -0.508. The van der Waals surface area contributed by atoms with Gasteiger partial charge >= 0.3 is 0 Å². The zero-order valence-electron chi connectivity index (χ0n) is 19.1. The molecule has 0 saturated carbocycles. The molecular formula is C25H29FN4O3S. The highest BCUT2D eigenvalue weighted by Crippen LogP contribution is 2.26. The zero-order chi connectivity index (χ0) is 23.7. The van der Waals surface area contributed by atoms with E-state index in [0.29, 0.717) is 42.9 Å². The lowest BCUT2D eigenvalue weighted by Crippen LogP contribution is -2.48. The van der Waals surface area contributed by atoms with Crippen LogP contribution in [-0.4, -0.2) is 63.5 Å². The number of hydrogen-bond acceptors (Lipinski definition) is 5. The largest absolute Gasteiger partial charge is 0.336 e. The molecule has 1 atom stereocenters. The Morgan fingerprint density at radius 3 is 2.65 bits per heavy atom. The minimum Gasteiger partial charge on any atom is -0.336 e. The number of fused-ring (bicyclic) bond motifs is 1. The number of carbonyl (C=O) groups is 2. The van der Waals surface area contributed by atoms with Gasteiger partial charge in [0, 0.05) is 49.6 Å². The van der Waals surface area contributed by atoms with E-state index in [1.807, 2.05) is 10.6 Å². The van der Waals surface area contributed by atoms with Crippen LogP contribution in [0, 0.1) is 5.82 Å². The van der Waals surface area contributed by atoms with Crippen LogP contribution in [0.2, 0.25) is 0 Å². The van der Waals surface area contributed by atoms with Crippen LogP contribution in [0.4, 0.5) is 9.18 Å². The molecule has 1 aromatic heterocycles. The van der Waals surface area contributed by atoms with Crippen molar-refractivity contribution in [2.75, 3.05) is 31.9 Å². The second kappa shape index (κ2) is 9.92. The lowest BCUT2D eigenvalue weighted by molar-refractivity contribution is -0.133. The first-order chi connectivity index (χ1) is 16.5. The first-order valence-electron chi connectivity index (χ1n) is 12.0. The van der Waals surface area contributed by atoms with Gasteiger partial charge in [0.2, 0.25) is 5.91 Å². The number of thioether (sulfide) groups is 1. The molecule has 9 heteroatoms. The molecule has 7 nitrogen and oxygen atoms in total. The number of nitrogens with one attached hydrogen (secondary N) is 1. The number of piperidine rings is 1. The molecule has 0 unspecified atom stereocenters. The van der Waals surface area contributed by atoms with Gasteiger partial charge in [-0.15, -0.1) is 0 Å². The van der Waals surface area contributed by atoms with E-state index in [1.54, 1.807) is 17.0 Å². The molecule has 0 radical (unpaired) electrons. The highest BCUT2D eigenvalue weighted by atomic mass is 32.2. The van der Waals surface area contributed by atoms with Crippen molar-refractivity contribution in [2.24, 2.45) is 0 Å². The molecule has 2 amide bonds. The lowest BCUT2D eigenvalue weighted by atomic mass is 9.98. The van der Waals surface area contributed by atoms with Crippen LogP contribution in [0.5, 0.6) is 0 Å². The third-order valence-electron chi connectivity index (χ3n) is 6.98. The van der Waals surface area contributed by atoms with E-state index in [-0.39, 0.29) is 22.5 Å². The maximum atomic E-state index is 14.0. The Morgan fingerprint density at radius 2 is 1.91 bits per heavy atom. The van der Waals surface area contributed by atoms with Gasteiger partial charge in [-0.1, -0.05) is 30.3 Å². The standard InChI is InChI=1S/C25H29FN4O3S/c26-19-6-4-5-17(13-19)20-14-18-15-29(24(32)21-16-34-25(33)27-21)10-7-22(18)30(23(20)31)12-11-28-8-2-1-3-9-28/h4-6,13-14,21H,1-3,7-12,15-16H2,(H,27,33)/t21-/m0/s1. The predicted molar refractivity (Wildman–Crippen MR) is 130 cm³/mol. The number of hydrogen-bond donors (Lipinski definition) is 1. The van der Waals surface area contributed by atoms with E-state index >= 15 is 0 Å². The van der Waals surface area contributed by atoms with E-state index < -0.39 is 6.04 Å². The number of benzene rings is 1. The molecule has 0 spiro atoms. The van der Waals surface area contributed by atoms with Gasteiger partial charge in [-0.25, -0.2) is 4.39 Å². The summed E-state index contributed by atoms with van der Waals surface area (Å²) < 4.78 is 15.8. The molecule has 3 aliphatic rings. The lowest BCUT2D eigenvalue weighted by Gasteiger charge is -2.33. The fourth-order valence-electron chi connectivity index (χ4n) is 5.17. The molecule has 2 aromatic rings. The third-order valence-corrected chi connectivity index (χ3v) is 7.86. The van der Waals surface area contributed by atoms with Gasteiger partial charge in [0.1, 0.15) is 11.9 Å². The first kappa shape index (κ1) is 23.1. The Kier molecular flexibility index (Phi) is 6.74. The van der Waals surface area contributed by atoms with Crippen molar-refractivity contribution >= 4 is 22.9 Å². The van der Waals surface area contributed by atoms with Crippen LogP contribution < -0.4 is 10.9 Å². The highest BCUT2D eigenvalue weighted by molar-refractivity contribution is 8.14.